The number of methoxy groups -OCH3 is 1. The number of hydrogen-bond donors (Lipinski definition) is 2. The number of aromatic amines is 1. The zero-order valence-corrected chi connectivity index (χ0v) is 17.4. The van der Waals surface area contributed by atoms with E-state index in [0.29, 0.717) is 18.1 Å². The molecule has 1 aromatic carbocycles. The molecule has 6 nitrogen and oxygen atoms in total. The maximum Gasteiger partial charge on any atom is 0.331 e. The molecule has 158 valence electrons. The molecule has 30 heavy (non-hydrogen) atoms. The number of esters is 1. The summed E-state index contributed by atoms with van der Waals surface area (Å²) in [7, 11) is 1.70. The van der Waals surface area contributed by atoms with E-state index in [1.165, 1.54) is 29.4 Å². The molecule has 2 bridgehead atoms. The Hall–Kier alpha value is -2.31. The van der Waals surface area contributed by atoms with Crippen LogP contribution in [-0.4, -0.2) is 59.8 Å². The van der Waals surface area contributed by atoms with Gasteiger partial charge in [-0.2, -0.15) is 0 Å². The lowest BCUT2D eigenvalue weighted by Crippen LogP contribution is -2.50. The summed E-state index contributed by atoms with van der Waals surface area (Å²) in [5.74, 6) is 0.740. The maximum atomic E-state index is 12.2. The predicted octanol–water partition coefficient (Wildman–Crippen LogP) is 2.93. The van der Waals surface area contributed by atoms with Gasteiger partial charge in [-0.15, -0.1) is 0 Å². The standard InChI is InChI=1S/C24H29N3O3/c1-29-17-5-6-18-15(14-26-19(18)12-17)7-8-25-20-10-16-11-23(28)30-24(16)13-21(20)27-9-3-2-4-22(24)27/h5-6,11-12,14,20-22,25-26H,2-4,7-10,13H2,1H3. The summed E-state index contributed by atoms with van der Waals surface area (Å²) in [5.41, 5.74) is 3.35. The van der Waals surface area contributed by atoms with Crippen LogP contribution in [0.15, 0.2) is 36.0 Å². The Morgan fingerprint density at radius 3 is 3.20 bits per heavy atom. The van der Waals surface area contributed by atoms with E-state index in [9.17, 15) is 4.79 Å². The predicted molar refractivity (Wildman–Crippen MR) is 115 cm³/mol. The van der Waals surface area contributed by atoms with E-state index in [1.807, 2.05) is 12.1 Å². The van der Waals surface area contributed by atoms with Crippen LogP contribution < -0.4 is 10.1 Å². The first-order valence-corrected chi connectivity index (χ1v) is 11.2. The molecule has 3 aliphatic heterocycles. The molecule has 1 saturated carbocycles. The smallest absolute Gasteiger partial charge is 0.331 e. The molecule has 2 aromatic rings. The van der Waals surface area contributed by atoms with E-state index in [0.717, 1.165) is 50.0 Å². The number of benzene rings is 1. The van der Waals surface area contributed by atoms with Gasteiger partial charge in [0.2, 0.25) is 0 Å². The number of aromatic nitrogens is 1. The van der Waals surface area contributed by atoms with E-state index in [2.05, 4.69) is 27.5 Å². The van der Waals surface area contributed by atoms with Crippen LogP contribution in [0.25, 0.3) is 10.9 Å². The summed E-state index contributed by atoms with van der Waals surface area (Å²) >= 11 is 0. The second kappa shape index (κ2) is 6.86. The zero-order valence-electron chi connectivity index (χ0n) is 17.4. The lowest BCUT2D eigenvalue weighted by Gasteiger charge is -2.38. The SMILES string of the molecule is COc1ccc2c(CCNC3CC4=CC(=O)OC45CC3N3CCCCC35)c[nH]c2c1. The van der Waals surface area contributed by atoms with E-state index in [-0.39, 0.29) is 11.6 Å². The van der Waals surface area contributed by atoms with Crippen molar-refractivity contribution in [1.29, 1.82) is 0 Å². The molecule has 0 amide bonds. The number of nitrogens with zero attached hydrogens (tertiary/aromatic N) is 1. The number of H-pyrrole nitrogens is 1. The molecule has 3 fully saturated rings. The fraction of sp³-hybridized carbons (Fsp3) is 0.542. The normalized spacial score (nSPS) is 32.6. The van der Waals surface area contributed by atoms with Crippen molar-refractivity contribution in [2.75, 3.05) is 20.2 Å². The highest BCUT2D eigenvalue weighted by Crippen LogP contribution is 2.53. The monoisotopic (exact) mass is 407 g/mol. The fourth-order valence-electron chi connectivity index (χ4n) is 6.49. The largest absolute Gasteiger partial charge is 0.497 e. The van der Waals surface area contributed by atoms with Crippen molar-refractivity contribution in [1.82, 2.24) is 15.2 Å². The van der Waals surface area contributed by atoms with Crippen LogP contribution in [0.2, 0.25) is 0 Å². The highest BCUT2D eigenvalue weighted by atomic mass is 16.6. The Morgan fingerprint density at radius 2 is 2.30 bits per heavy atom. The molecule has 1 aromatic heterocycles. The van der Waals surface area contributed by atoms with Crippen LogP contribution in [0.4, 0.5) is 0 Å². The van der Waals surface area contributed by atoms with Crippen molar-refractivity contribution in [2.45, 2.75) is 62.3 Å². The van der Waals surface area contributed by atoms with Crippen LogP contribution in [0.1, 0.15) is 37.7 Å². The maximum absolute atomic E-state index is 12.2. The van der Waals surface area contributed by atoms with Gasteiger partial charge in [-0.05, 0) is 62.0 Å². The number of ether oxygens (including phenoxy) is 2. The van der Waals surface area contributed by atoms with Crippen LogP contribution in [-0.2, 0) is 16.0 Å². The Kier molecular flexibility index (Phi) is 4.22. The minimum Gasteiger partial charge on any atom is -0.497 e. The number of carbonyl (C=O) groups is 1. The van der Waals surface area contributed by atoms with E-state index in [1.54, 1.807) is 13.2 Å². The third kappa shape index (κ3) is 2.66. The highest BCUT2D eigenvalue weighted by molar-refractivity contribution is 5.87. The topological polar surface area (TPSA) is 66.6 Å². The van der Waals surface area contributed by atoms with E-state index in [4.69, 9.17) is 9.47 Å². The molecule has 4 heterocycles. The summed E-state index contributed by atoms with van der Waals surface area (Å²) in [6.45, 7) is 2.05. The molecular formula is C24H29N3O3. The van der Waals surface area contributed by atoms with Crippen LogP contribution in [0.5, 0.6) is 5.75 Å². The molecule has 1 spiro atoms. The van der Waals surface area contributed by atoms with Crippen molar-refractivity contribution < 1.29 is 14.3 Å². The first-order chi connectivity index (χ1) is 14.7. The van der Waals surface area contributed by atoms with Crippen LogP contribution in [0.3, 0.4) is 0 Å². The Labute approximate surface area is 176 Å². The average molecular weight is 408 g/mol. The molecule has 4 atom stereocenters. The first-order valence-electron chi connectivity index (χ1n) is 11.2. The molecule has 6 rings (SSSR count). The lowest BCUT2D eigenvalue weighted by molar-refractivity contribution is -0.148. The van der Waals surface area contributed by atoms with Crippen molar-refractivity contribution in [3.05, 3.63) is 41.6 Å². The number of hydrogen-bond acceptors (Lipinski definition) is 5. The van der Waals surface area contributed by atoms with Gasteiger partial charge in [-0.25, -0.2) is 4.79 Å². The Balaban J connectivity index is 1.19. The van der Waals surface area contributed by atoms with Gasteiger partial charge in [0.25, 0.3) is 0 Å². The molecule has 2 N–H and O–H groups in total. The minimum atomic E-state index is -0.323. The van der Waals surface area contributed by atoms with E-state index >= 15 is 0 Å². The van der Waals surface area contributed by atoms with Crippen LogP contribution >= 0.6 is 0 Å². The van der Waals surface area contributed by atoms with Crippen molar-refractivity contribution >= 4 is 16.9 Å². The summed E-state index contributed by atoms with van der Waals surface area (Å²) in [6, 6.07) is 7.43. The van der Waals surface area contributed by atoms with Gasteiger partial charge < -0.3 is 19.8 Å². The number of piperidine rings is 1. The Morgan fingerprint density at radius 1 is 1.37 bits per heavy atom. The molecular weight excluding hydrogens is 378 g/mol. The summed E-state index contributed by atoms with van der Waals surface area (Å²) < 4.78 is 11.3. The number of rotatable bonds is 5. The van der Waals surface area contributed by atoms with Crippen molar-refractivity contribution in [2.24, 2.45) is 0 Å². The third-order valence-corrected chi connectivity index (χ3v) is 7.82. The minimum absolute atomic E-state index is 0.133. The second-order valence-electron chi connectivity index (χ2n) is 9.24. The molecule has 0 radical (unpaired) electrons. The van der Waals surface area contributed by atoms with Gasteiger partial charge >= 0.3 is 5.97 Å². The zero-order chi connectivity index (χ0) is 20.3. The number of nitrogens with one attached hydrogen (secondary N) is 2. The van der Waals surface area contributed by atoms with Crippen molar-refractivity contribution in [3.63, 3.8) is 0 Å². The summed E-state index contributed by atoms with van der Waals surface area (Å²) in [5, 5.41) is 5.10. The van der Waals surface area contributed by atoms with Crippen LogP contribution in [0, 0.1) is 0 Å². The van der Waals surface area contributed by atoms with E-state index < -0.39 is 0 Å². The van der Waals surface area contributed by atoms with Crippen molar-refractivity contribution in [3.8, 4) is 5.75 Å². The van der Waals surface area contributed by atoms with Gasteiger partial charge in [0.05, 0.1) is 13.2 Å². The van der Waals surface area contributed by atoms with Gasteiger partial charge in [0.15, 0.2) is 5.60 Å². The lowest BCUT2D eigenvalue weighted by atomic mass is 9.75. The highest BCUT2D eigenvalue weighted by Gasteiger charge is 2.63. The fourth-order valence-corrected chi connectivity index (χ4v) is 6.49. The van der Waals surface area contributed by atoms with Gasteiger partial charge in [0, 0.05) is 47.7 Å². The molecule has 1 aliphatic carbocycles. The summed E-state index contributed by atoms with van der Waals surface area (Å²) in [4.78, 5) is 18.2. The Bertz CT molecular complexity index is 1030. The van der Waals surface area contributed by atoms with Gasteiger partial charge in [-0.1, -0.05) is 6.42 Å². The molecule has 4 aliphatic rings. The summed E-state index contributed by atoms with van der Waals surface area (Å²) in [6.07, 6.45) is 10.4. The number of fused-ring (bicyclic) bond motifs is 4. The first kappa shape index (κ1) is 18.5. The second-order valence-corrected chi connectivity index (χ2v) is 9.24. The van der Waals surface area contributed by atoms with Gasteiger partial charge in [0.1, 0.15) is 5.75 Å². The van der Waals surface area contributed by atoms with Gasteiger partial charge in [-0.3, -0.25) is 4.90 Å². The molecule has 2 saturated heterocycles. The quantitative estimate of drug-likeness (QED) is 0.746. The molecule has 6 heteroatoms. The number of carbonyl (C=O) groups excluding carboxylic acids is 1. The third-order valence-electron chi connectivity index (χ3n) is 7.82. The molecule has 4 unspecified atom stereocenters. The average Bonchev–Trinajstić information content (AvgIpc) is 3.41.